The van der Waals surface area contributed by atoms with Gasteiger partial charge in [0.2, 0.25) is 6.41 Å². The number of amides is 1. The molecule has 0 aromatic heterocycles. The molecule has 0 atom stereocenters. The zero-order chi connectivity index (χ0) is 12.3. The number of carbonyl (C=O) groups excluding carboxylic acids is 1. The number of rotatable bonds is 3. The lowest BCUT2D eigenvalue weighted by atomic mass is 10.2. The normalized spacial score (nSPS) is 15.9. The Morgan fingerprint density at radius 2 is 2.00 bits per heavy atom. The Hall–Kier alpha value is -1.78. The fraction of sp³-hybridized carbons (Fsp3) is 0.417. The lowest BCUT2D eigenvalue weighted by Gasteiger charge is -2.34. The van der Waals surface area contributed by atoms with Crippen LogP contribution in [0.25, 0.3) is 0 Å². The quantitative estimate of drug-likeness (QED) is 0.801. The van der Waals surface area contributed by atoms with Crippen LogP contribution in [0.5, 0.6) is 0 Å². The average molecular weight is 237 g/mol. The summed E-state index contributed by atoms with van der Waals surface area (Å²) in [5.41, 5.74) is 1.37. The largest absolute Gasteiger partial charge is 0.388 e. The summed E-state index contributed by atoms with van der Waals surface area (Å²) in [6.07, 6.45) is 0.845. The van der Waals surface area contributed by atoms with Gasteiger partial charge in [0.05, 0.1) is 5.69 Å². The molecule has 0 saturated carbocycles. The number of benzene rings is 1. The van der Waals surface area contributed by atoms with Gasteiger partial charge in [-0.1, -0.05) is 0 Å². The van der Waals surface area contributed by atoms with Gasteiger partial charge in [0.1, 0.15) is 5.82 Å². The third-order valence-electron chi connectivity index (χ3n) is 3.04. The summed E-state index contributed by atoms with van der Waals surface area (Å²) in [7, 11) is 1.76. The molecular weight excluding hydrogens is 221 g/mol. The molecule has 17 heavy (non-hydrogen) atoms. The van der Waals surface area contributed by atoms with Crippen LogP contribution in [0.4, 0.5) is 15.8 Å². The van der Waals surface area contributed by atoms with Crippen LogP contribution in [0.1, 0.15) is 0 Å². The van der Waals surface area contributed by atoms with Crippen molar-refractivity contribution in [1.29, 1.82) is 0 Å². The third-order valence-corrected chi connectivity index (χ3v) is 3.04. The van der Waals surface area contributed by atoms with Gasteiger partial charge in [-0.3, -0.25) is 4.79 Å². The number of halogens is 1. The first-order valence-corrected chi connectivity index (χ1v) is 5.66. The predicted molar refractivity (Wildman–Crippen MR) is 65.8 cm³/mol. The molecular formula is C12H16FN3O. The molecule has 1 N–H and O–H groups in total. The average Bonchev–Trinajstić information content (AvgIpc) is 2.39. The Morgan fingerprint density at radius 1 is 1.29 bits per heavy atom. The van der Waals surface area contributed by atoms with Crippen molar-refractivity contribution < 1.29 is 9.18 Å². The molecule has 92 valence electrons. The van der Waals surface area contributed by atoms with Crippen molar-refractivity contribution in [1.82, 2.24) is 4.90 Å². The van der Waals surface area contributed by atoms with Gasteiger partial charge in [-0.25, -0.2) is 4.39 Å². The lowest BCUT2D eigenvalue weighted by Crippen LogP contribution is -2.46. The smallest absolute Gasteiger partial charge is 0.209 e. The van der Waals surface area contributed by atoms with Crippen molar-refractivity contribution in [2.24, 2.45) is 0 Å². The molecule has 5 heteroatoms. The first-order valence-electron chi connectivity index (χ1n) is 5.66. The molecule has 0 spiro atoms. The van der Waals surface area contributed by atoms with Crippen LogP contribution < -0.4 is 10.2 Å². The third kappa shape index (κ3) is 2.49. The number of carbonyl (C=O) groups is 1. The standard InChI is InChI=1S/C12H16FN3O/c1-14-10-2-3-12(11(13)8-10)16-6-4-15(9-17)5-7-16/h2-3,8-9,14H,4-7H2,1H3. The zero-order valence-corrected chi connectivity index (χ0v) is 9.82. The molecule has 2 rings (SSSR count). The number of nitrogens with one attached hydrogen (secondary N) is 1. The van der Waals surface area contributed by atoms with E-state index in [-0.39, 0.29) is 5.82 Å². The van der Waals surface area contributed by atoms with Crippen molar-refractivity contribution in [2.75, 3.05) is 43.4 Å². The summed E-state index contributed by atoms with van der Waals surface area (Å²) in [5.74, 6) is -0.226. The Kier molecular flexibility index (Phi) is 3.46. The van der Waals surface area contributed by atoms with E-state index < -0.39 is 0 Å². The van der Waals surface area contributed by atoms with Gasteiger partial charge in [-0.2, -0.15) is 0 Å². The molecule has 1 aromatic carbocycles. The van der Waals surface area contributed by atoms with E-state index in [1.807, 2.05) is 11.0 Å². The number of anilines is 2. The number of hydrogen-bond donors (Lipinski definition) is 1. The minimum atomic E-state index is -0.226. The number of piperazine rings is 1. The highest BCUT2D eigenvalue weighted by Crippen LogP contribution is 2.23. The Labute approximate surface area is 100 Å². The van der Waals surface area contributed by atoms with Crippen molar-refractivity contribution >= 4 is 17.8 Å². The first-order chi connectivity index (χ1) is 8.24. The number of hydrogen-bond acceptors (Lipinski definition) is 3. The summed E-state index contributed by atoms with van der Waals surface area (Å²) in [5, 5.41) is 2.90. The van der Waals surface area contributed by atoms with E-state index in [4.69, 9.17) is 0 Å². The summed E-state index contributed by atoms with van der Waals surface area (Å²) in [6, 6.07) is 5.11. The fourth-order valence-corrected chi connectivity index (χ4v) is 1.99. The van der Waals surface area contributed by atoms with Crippen LogP contribution in [0.15, 0.2) is 18.2 Å². The van der Waals surface area contributed by atoms with E-state index in [1.165, 1.54) is 6.07 Å². The van der Waals surface area contributed by atoms with Crippen LogP contribution in [0.2, 0.25) is 0 Å². The Morgan fingerprint density at radius 3 is 2.53 bits per heavy atom. The van der Waals surface area contributed by atoms with Gasteiger partial charge in [0.25, 0.3) is 0 Å². The highest BCUT2D eigenvalue weighted by atomic mass is 19.1. The van der Waals surface area contributed by atoms with E-state index in [2.05, 4.69) is 5.32 Å². The minimum Gasteiger partial charge on any atom is -0.388 e. The second-order valence-electron chi connectivity index (χ2n) is 4.04. The highest BCUT2D eigenvalue weighted by molar-refractivity contribution is 5.57. The summed E-state index contributed by atoms with van der Waals surface area (Å²) in [4.78, 5) is 14.3. The van der Waals surface area contributed by atoms with Gasteiger partial charge in [-0.05, 0) is 18.2 Å². The highest BCUT2D eigenvalue weighted by Gasteiger charge is 2.18. The van der Waals surface area contributed by atoms with Crippen molar-refractivity contribution in [2.45, 2.75) is 0 Å². The van der Waals surface area contributed by atoms with Gasteiger partial charge in [0.15, 0.2) is 0 Å². The van der Waals surface area contributed by atoms with Gasteiger partial charge in [0, 0.05) is 38.9 Å². The zero-order valence-electron chi connectivity index (χ0n) is 9.82. The number of nitrogens with zero attached hydrogens (tertiary/aromatic N) is 2. The Balaban J connectivity index is 2.10. The molecule has 0 bridgehead atoms. The molecule has 0 radical (unpaired) electrons. The molecule has 1 fully saturated rings. The second-order valence-corrected chi connectivity index (χ2v) is 4.04. The molecule has 1 aliphatic heterocycles. The van der Waals surface area contributed by atoms with Crippen molar-refractivity contribution in [3.8, 4) is 0 Å². The van der Waals surface area contributed by atoms with E-state index in [1.54, 1.807) is 18.0 Å². The van der Waals surface area contributed by atoms with E-state index in [0.717, 1.165) is 12.1 Å². The molecule has 1 amide bonds. The van der Waals surface area contributed by atoms with Crippen LogP contribution in [0.3, 0.4) is 0 Å². The fourth-order valence-electron chi connectivity index (χ4n) is 1.99. The van der Waals surface area contributed by atoms with Gasteiger partial charge < -0.3 is 15.1 Å². The summed E-state index contributed by atoms with van der Waals surface area (Å²) < 4.78 is 13.8. The molecule has 0 aliphatic carbocycles. The van der Waals surface area contributed by atoms with Crippen molar-refractivity contribution in [3.63, 3.8) is 0 Å². The molecule has 0 unspecified atom stereocenters. The molecule has 1 aliphatic rings. The topological polar surface area (TPSA) is 35.6 Å². The molecule has 1 saturated heterocycles. The van der Waals surface area contributed by atoms with Crippen LogP contribution in [-0.2, 0) is 4.79 Å². The maximum absolute atomic E-state index is 13.8. The summed E-state index contributed by atoms with van der Waals surface area (Å²) >= 11 is 0. The summed E-state index contributed by atoms with van der Waals surface area (Å²) in [6.45, 7) is 2.65. The minimum absolute atomic E-state index is 0.226. The van der Waals surface area contributed by atoms with Crippen LogP contribution in [0, 0.1) is 5.82 Å². The van der Waals surface area contributed by atoms with E-state index in [0.29, 0.717) is 31.9 Å². The van der Waals surface area contributed by atoms with Crippen LogP contribution >= 0.6 is 0 Å². The van der Waals surface area contributed by atoms with Gasteiger partial charge in [-0.15, -0.1) is 0 Å². The van der Waals surface area contributed by atoms with E-state index in [9.17, 15) is 9.18 Å². The monoisotopic (exact) mass is 237 g/mol. The molecule has 4 nitrogen and oxygen atoms in total. The SMILES string of the molecule is CNc1ccc(N2CCN(C=O)CC2)c(F)c1. The maximum Gasteiger partial charge on any atom is 0.209 e. The molecule has 1 aromatic rings. The maximum atomic E-state index is 13.8. The Bertz CT molecular complexity index is 403. The van der Waals surface area contributed by atoms with Crippen LogP contribution in [-0.4, -0.2) is 44.5 Å². The molecule has 1 heterocycles. The predicted octanol–water partition coefficient (Wildman–Crippen LogP) is 1.15. The second kappa shape index (κ2) is 5.03. The first kappa shape index (κ1) is 11.7. The van der Waals surface area contributed by atoms with E-state index >= 15 is 0 Å². The van der Waals surface area contributed by atoms with Crippen molar-refractivity contribution in [3.05, 3.63) is 24.0 Å². The van der Waals surface area contributed by atoms with Gasteiger partial charge >= 0.3 is 0 Å². The lowest BCUT2D eigenvalue weighted by molar-refractivity contribution is -0.118.